The number of amides is 1. The van der Waals surface area contributed by atoms with Crippen molar-refractivity contribution >= 4 is 29.1 Å². The Labute approximate surface area is 151 Å². The van der Waals surface area contributed by atoms with Crippen molar-refractivity contribution in [3.8, 4) is 5.75 Å². The molecule has 0 bridgehead atoms. The van der Waals surface area contributed by atoms with Gasteiger partial charge in [0.1, 0.15) is 5.75 Å². The van der Waals surface area contributed by atoms with E-state index in [2.05, 4.69) is 34.6 Å². The Bertz CT molecular complexity index is 816. The van der Waals surface area contributed by atoms with Gasteiger partial charge in [0.15, 0.2) is 5.17 Å². The molecule has 1 fully saturated rings. The summed E-state index contributed by atoms with van der Waals surface area (Å²) in [5.74, 6) is 0.771. The lowest BCUT2D eigenvalue weighted by Gasteiger charge is -2.07. The van der Waals surface area contributed by atoms with Crippen molar-refractivity contribution in [2.45, 2.75) is 18.6 Å². The number of benzene rings is 2. The van der Waals surface area contributed by atoms with E-state index in [1.54, 1.807) is 13.3 Å². The Morgan fingerprint density at radius 3 is 2.68 bits per heavy atom. The molecule has 128 valence electrons. The van der Waals surface area contributed by atoms with Crippen LogP contribution in [0.4, 0.5) is 0 Å². The van der Waals surface area contributed by atoms with Crippen LogP contribution in [-0.4, -0.2) is 29.6 Å². The van der Waals surface area contributed by atoms with Crippen molar-refractivity contribution in [3.05, 3.63) is 65.2 Å². The van der Waals surface area contributed by atoms with Gasteiger partial charge in [-0.25, -0.2) is 0 Å². The second kappa shape index (κ2) is 7.98. The Balaban J connectivity index is 1.62. The van der Waals surface area contributed by atoms with Gasteiger partial charge in [0.05, 0.1) is 18.6 Å². The molecule has 3 rings (SSSR count). The number of nitrogens with one attached hydrogen (secondary N) is 1. The minimum absolute atomic E-state index is 0.0216. The van der Waals surface area contributed by atoms with Gasteiger partial charge in [-0.05, 0) is 54.3 Å². The van der Waals surface area contributed by atoms with Crippen LogP contribution in [0.25, 0.3) is 0 Å². The predicted octanol–water partition coefficient (Wildman–Crippen LogP) is 3.17. The van der Waals surface area contributed by atoms with Gasteiger partial charge in [-0.3, -0.25) is 4.79 Å². The topological polar surface area (TPSA) is 63.1 Å². The van der Waals surface area contributed by atoms with E-state index in [4.69, 9.17) is 4.74 Å². The number of thioether (sulfide) groups is 1. The monoisotopic (exact) mass is 353 g/mol. The Morgan fingerprint density at radius 2 is 1.96 bits per heavy atom. The van der Waals surface area contributed by atoms with Gasteiger partial charge < -0.3 is 10.1 Å². The summed E-state index contributed by atoms with van der Waals surface area (Å²) in [6.07, 6.45) is 2.33. The summed E-state index contributed by atoms with van der Waals surface area (Å²) in [7, 11) is 1.63. The minimum atomic E-state index is -0.170. The van der Waals surface area contributed by atoms with E-state index < -0.39 is 0 Å². The number of hydrogen-bond acceptors (Lipinski definition) is 5. The molecule has 0 saturated carbocycles. The molecule has 2 aromatic carbocycles. The molecule has 5 nitrogen and oxygen atoms in total. The third kappa shape index (κ3) is 4.48. The van der Waals surface area contributed by atoms with Crippen LogP contribution >= 0.6 is 11.8 Å². The Kier molecular flexibility index (Phi) is 5.50. The van der Waals surface area contributed by atoms with E-state index >= 15 is 0 Å². The second-order valence-electron chi connectivity index (χ2n) is 5.65. The number of rotatable bonds is 5. The highest BCUT2D eigenvalue weighted by Gasteiger charge is 2.30. The standard InChI is InChI=1S/C19H19N3O2S/c1-13-5-3-4-6-15(13)11-17-18(23)21-19(25-17)22-20-12-14-7-9-16(24-2)10-8-14/h3-10,12,17H,11H2,1-2H3,(H,21,22,23)/b20-12-/t17-/m1/s1. The number of hydrogen-bond donors (Lipinski definition) is 1. The average Bonchev–Trinajstić information content (AvgIpc) is 2.97. The van der Waals surface area contributed by atoms with Crippen LogP contribution in [0.3, 0.4) is 0 Å². The fourth-order valence-electron chi connectivity index (χ4n) is 2.46. The summed E-state index contributed by atoms with van der Waals surface area (Å²) in [5, 5.41) is 11.3. The first-order chi connectivity index (χ1) is 12.2. The van der Waals surface area contributed by atoms with E-state index in [1.165, 1.54) is 22.9 Å². The Hall–Kier alpha value is -2.60. The van der Waals surface area contributed by atoms with E-state index in [1.807, 2.05) is 36.4 Å². The predicted molar refractivity (Wildman–Crippen MR) is 102 cm³/mol. The average molecular weight is 353 g/mol. The maximum atomic E-state index is 12.1. The lowest BCUT2D eigenvalue weighted by atomic mass is 10.0. The zero-order valence-electron chi connectivity index (χ0n) is 14.1. The van der Waals surface area contributed by atoms with Crippen LogP contribution < -0.4 is 10.1 Å². The van der Waals surface area contributed by atoms with Crippen LogP contribution in [0.15, 0.2) is 58.7 Å². The summed E-state index contributed by atoms with van der Waals surface area (Å²) in [6.45, 7) is 2.06. The molecule has 0 spiro atoms. The first-order valence-corrected chi connectivity index (χ1v) is 8.81. The number of ether oxygens (including phenoxy) is 1. The highest BCUT2D eigenvalue weighted by atomic mass is 32.2. The maximum Gasteiger partial charge on any atom is 0.239 e. The first kappa shape index (κ1) is 17.2. The zero-order chi connectivity index (χ0) is 17.6. The van der Waals surface area contributed by atoms with E-state index in [-0.39, 0.29) is 11.2 Å². The van der Waals surface area contributed by atoms with Gasteiger partial charge >= 0.3 is 0 Å². The van der Waals surface area contributed by atoms with Crippen molar-refractivity contribution in [3.63, 3.8) is 0 Å². The summed E-state index contributed by atoms with van der Waals surface area (Å²) < 4.78 is 5.11. The minimum Gasteiger partial charge on any atom is -0.497 e. The third-order valence-corrected chi connectivity index (χ3v) is 4.99. The SMILES string of the molecule is COc1ccc(/C=N\N=C2\NC(=O)[C@@H](Cc3ccccc3C)S2)cc1. The molecule has 0 radical (unpaired) electrons. The van der Waals surface area contributed by atoms with E-state index in [9.17, 15) is 4.79 Å². The molecule has 0 aromatic heterocycles. The number of nitrogens with zero attached hydrogens (tertiary/aromatic N) is 2. The molecular formula is C19H19N3O2S. The summed E-state index contributed by atoms with van der Waals surface area (Å²) in [5.41, 5.74) is 3.29. The molecule has 25 heavy (non-hydrogen) atoms. The molecule has 2 aromatic rings. The lowest BCUT2D eigenvalue weighted by molar-refractivity contribution is -0.118. The van der Waals surface area contributed by atoms with Gasteiger partial charge in [0, 0.05) is 0 Å². The van der Waals surface area contributed by atoms with Crippen LogP contribution in [0.2, 0.25) is 0 Å². The highest BCUT2D eigenvalue weighted by Crippen LogP contribution is 2.24. The molecule has 1 saturated heterocycles. The van der Waals surface area contributed by atoms with Gasteiger partial charge in [-0.1, -0.05) is 36.0 Å². The fraction of sp³-hybridized carbons (Fsp3) is 0.211. The maximum absolute atomic E-state index is 12.1. The molecular weight excluding hydrogens is 334 g/mol. The quantitative estimate of drug-likeness (QED) is 0.663. The molecule has 1 aliphatic rings. The fourth-order valence-corrected chi connectivity index (χ4v) is 3.42. The van der Waals surface area contributed by atoms with Gasteiger partial charge in [0.25, 0.3) is 0 Å². The van der Waals surface area contributed by atoms with Crippen molar-refractivity contribution in [1.29, 1.82) is 0 Å². The number of methoxy groups -OCH3 is 1. The van der Waals surface area contributed by atoms with Crippen molar-refractivity contribution in [1.82, 2.24) is 5.32 Å². The van der Waals surface area contributed by atoms with Crippen molar-refractivity contribution < 1.29 is 9.53 Å². The van der Waals surface area contributed by atoms with Crippen LogP contribution in [0.1, 0.15) is 16.7 Å². The van der Waals surface area contributed by atoms with Crippen LogP contribution in [0, 0.1) is 6.92 Å². The van der Waals surface area contributed by atoms with Gasteiger partial charge in [0.2, 0.25) is 5.91 Å². The number of aryl methyl sites for hydroxylation is 1. The number of amidine groups is 1. The molecule has 1 aliphatic heterocycles. The molecule has 1 amide bonds. The molecule has 0 unspecified atom stereocenters. The largest absolute Gasteiger partial charge is 0.497 e. The molecule has 1 N–H and O–H groups in total. The summed E-state index contributed by atoms with van der Waals surface area (Å²) in [6, 6.07) is 15.6. The van der Waals surface area contributed by atoms with E-state index in [0.29, 0.717) is 11.6 Å². The van der Waals surface area contributed by atoms with Gasteiger partial charge in [-0.2, -0.15) is 5.10 Å². The van der Waals surface area contributed by atoms with Crippen LogP contribution in [0.5, 0.6) is 5.75 Å². The second-order valence-corrected chi connectivity index (χ2v) is 6.84. The summed E-state index contributed by atoms with van der Waals surface area (Å²) >= 11 is 1.42. The third-order valence-electron chi connectivity index (χ3n) is 3.91. The normalized spacial score (nSPS) is 18.7. The Morgan fingerprint density at radius 1 is 1.20 bits per heavy atom. The van der Waals surface area contributed by atoms with E-state index in [0.717, 1.165) is 11.3 Å². The highest BCUT2D eigenvalue weighted by molar-refractivity contribution is 8.15. The summed E-state index contributed by atoms with van der Waals surface area (Å²) in [4.78, 5) is 12.1. The van der Waals surface area contributed by atoms with Gasteiger partial charge in [-0.15, -0.1) is 5.10 Å². The first-order valence-electron chi connectivity index (χ1n) is 7.93. The molecule has 1 heterocycles. The zero-order valence-corrected chi connectivity index (χ0v) is 14.9. The van der Waals surface area contributed by atoms with Crippen molar-refractivity contribution in [2.75, 3.05) is 7.11 Å². The molecule has 0 aliphatic carbocycles. The number of carbonyl (C=O) groups is 1. The molecule has 6 heteroatoms. The van der Waals surface area contributed by atoms with Crippen molar-refractivity contribution in [2.24, 2.45) is 10.2 Å². The lowest BCUT2D eigenvalue weighted by Crippen LogP contribution is -2.26. The van der Waals surface area contributed by atoms with Crippen LogP contribution in [-0.2, 0) is 11.2 Å². The number of carbonyl (C=O) groups excluding carboxylic acids is 1. The molecule has 1 atom stereocenters. The smallest absolute Gasteiger partial charge is 0.239 e.